The van der Waals surface area contributed by atoms with Crippen LogP contribution in [-0.2, 0) is 0 Å². The molecule has 6 N–H and O–H groups in total. The highest BCUT2D eigenvalue weighted by atomic mass is 15.3. The van der Waals surface area contributed by atoms with Gasteiger partial charge in [0.05, 0.1) is 0 Å². The van der Waals surface area contributed by atoms with Crippen LogP contribution in [0.25, 0.3) is 0 Å². The second-order valence-corrected chi connectivity index (χ2v) is 6.39. The SMILES string of the molecule is CN[C@@H]1CCN(C2=C(C)C(N)(CC3CC3)N=C(N)N2)C1. The van der Waals surface area contributed by atoms with Gasteiger partial charge >= 0.3 is 0 Å². The average Bonchev–Trinajstić information content (AvgIpc) is 3.07. The number of hydrogen-bond acceptors (Lipinski definition) is 6. The Labute approximate surface area is 120 Å². The van der Waals surface area contributed by atoms with E-state index in [2.05, 4.69) is 27.4 Å². The van der Waals surface area contributed by atoms with E-state index >= 15 is 0 Å². The summed E-state index contributed by atoms with van der Waals surface area (Å²) in [6.07, 6.45) is 4.60. The van der Waals surface area contributed by atoms with Crippen molar-refractivity contribution in [3.05, 3.63) is 11.4 Å². The van der Waals surface area contributed by atoms with Crippen LogP contribution >= 0.6 is 0 Å². The fraction of sp³-hybridized carbons (Fsp3) is 0.786. The third kappa shape index (κ3) is 2.50. The summed E-state index contributed by atoms with van der Waals surface area (Å²) in [5, 5.41) is 6.56. The molecule has 3 rings (SSSR count). The molecule has 2 heterocycles. The number of nitrogens with one attached hydrogen (secondary N) is 2. The predicted molar refractivity (Wildman–Crippen MR) is 80.8 cm³/mol. The third-order valence-corrected chi connectivity index (χ3v) is 4.78. The van der Waals surface area contributed by atoms with Gasteiger partial charge in [-0.1, -0.05) is 12.8 Å². The van der Waals surface area contributed by atoms with E-state index in [0.29, 0.717) is 12.0 Å². The predicted octanol–water partition coefficient (Wildman–Crippen LogP) is -0.115. The fourth-order valence-electron chi connectivity index (χ4n) is 3.22. The quantitative estimate of drug-likeness (QED) is 0.576. The van der Waals surface area contributed by atoms with Crippen molar-refractivity contribution in [2.45, 2.75) is 44.3 Å². The van der Waals surface area contributed by atoms with Gasteiger partial charge in [-0.05, 0) is 32.7 Å². The lowest BCUT2D eigenvalue weighted by Gasteiger charge is -2.36. The van der Waals surface area contributed by atoms with E-state index in [1.54, 1.807) is 0 Å². The second-order valence-electron chi connectivity index (χ2n) is 6.39. The van der Waals surface area contributed by atoms with Gasteiger partial charge in [-0.25, -0.2) is 4.99 Å². The molecule has 6 heteroatoms. The van der Waals surface area contributed by atoms with Gasteiger partial charge in [0.1, 0.15) is 11.5 Å². The van der Waals surface area contributed by atoms with Crippen LogP contribution in [0.2, 0.25) is 0 Å². The molecule has 2 atom stereocenters. The van der Waals surface area contributed by atoms with Crippen molar-refractivity contribution >= 4 is 5.96 Å². The van der Waals surface area contributed by atoms with Gasteiger partial charge in [0.25, 0.3) is 0 Å². The lowest BCUT2D eigenvalue weighted by atomic mass is 9.94. The molecule has 1 aliphatic carbocycles. The highest BCUT2D eigenvalue weighted by molar-refractivity contribution is 5.81. The normalized spacial score (nSPS) is 34.2. The van der Waals surface area contributed by atoms with Crippen LogP contribution in [-0.4, -0.2) is 42.7 Å². The first-order valence-electron chi connectivity index (χ1n) is 7.56. The Morgan fingerprint density at radius 1 is 1.45 bits per heavy atom. The first kappa shape index (κ1) is 13.7. The molecule has 0 aromatic rings. The molecule has 0 amide bonds. The van der Waals surface area contributed by atoms with Gasteiger partial charge in [-0.3, -0.25) is 0 Å². The summed E-state index contributed by atoms with van der Waals surface area (Å²) in [6, 6.07) is 0.535. The van der Waals surface area contributed by atoms with Crippen molar-refractivity contribution in [1.29, 1.82) is 0 Å². The maximum absolute atomic E-state index is 6.55. The summed E-state index contributed by atoms with van der Waals surface area (Å²) in [6.45, 7) is 4.11. The van der Waals surface area contributed by atoms with Crippen LogP contribution < -0.4 is 22.1 Å². The lowest BCUT2D eigenvalue weighted by molar-refractivity contribution is 0.354. The topological polar surface area (TPSA) is 91.7 Å². The minimum atomic E-state index is -0.621. The standard InChI is InChI=1S/C14H26N6/c1-9-12(20-6-5-11(8-20)17-2)18-13(15)19-14(9,16)7-10-3-4-10/h10-11,17H,3-8,16H2,1-2H3,(H3,15,18,19)/t11-,14?/m1/s1. The minimum absolute atomic E-state index is 0.446. The largest absolute Gasteiger partial charge is 0.370 e. The number of nitrogens with zero attached hydrogens (tertiary/aromatic N) is 2. The summed E-state index contributed by atoms with van der Waals surface area (Å²) in [7, 11) is 2.01. The first-order valence-corrected chi connectivity index (χ1v) is 7.56. The van der Waals surface area contributed by atoms with E-state index in [-0.39, 0.29) is 0 Å². The Kier molecular flexibility index (Phi) is 3.38. The van der Waals surface area contributed by atoms with Gasteiger partial charge in [-0.15, -0.1) is 0 Å². The molecule has 1 saturated carbocycles. The smallest absolute Gasteiger partial charge is 0.196 e. The minimum Gasteiger partial charge on any atom is -0.370 e. The molecule has 0 bridgehead atoms. The number of rotatable bonds is 4. The molecule has 112 valence electrons. The zero-order valence-electron chi connectivity index (χ0n) is 12.4. The maximum Gasteiger partial charge on any atom is 0.196 e. The number of guanidine groups is 1. The van der Waals surface area contributed by atoms with Crippen LogP contribution in [0.15, 0.2) is 16.4 Å². The van der Waals surface area contributed by atoms with Crippen LogP contribution in [0.4, 0.5) is 0 Å². The molecule has 6 nitrogen and oxygen atoms in total. The van der Waals surface area contributed by atoms with Crippen LogP contribution in [0.5, 0.6) is 0 Å². The summed E-state index contributed by atoms with van der Waals surface area (Å²) < 4.78 is 0. The second kappa shape index (κ2) is 4.93. The van der Waals surface area contributed by atoms with E-state index in [1.165, 1.54) is 12.8 Å². The molecule has 3 aliphatic rings. The monoisotopic (exact) mass is 278 g/mol. The van der Waals surface area contributed by atoms with E-state index < -0.39 is 5.66 Å². The Morgan fingerprint density at radius 3 is 2.80 bits per heavy atom. The molecule has 20 heavy (non-hydrogen) atoms. The summed E-state index contributed by atoms with van der Waals surface area (Å²) in [4.78, 5) is 6.84. The molecule has 0 radical (unpaired) electrons. The number of hydrogen-bond donors (Lipinski definition) is 4. The van der Waals surface area contributed by atoms with Gasteiger partial charge in [-0.2, -0.15) is 0 Å². The molecule has 1 saturated heterocycles. The summed E-state index contributed by atoms with van der Waals surface area (Å²) in [5.41, 5.74) is 13.0. The van der Waals surface area contributed by atoms with E-state index in [0.717, 1.165) is 43.2 Å². The Hall–Kier alpha value is -1.27. The zero-order chi connectivity index (χ0) is 14.3. The number of likely N-dealkylation sites (N-methyl/N-ethyl adjacent to an activating group) is 1. The lowest BCUT2D eigenvalue weighted by Crippen LogP contribution is -2.53. The molecule has 0 aromatic heterocycles. The van der Waals surface area contributed by atoms with Crippen LogP contribution in [0.1, 0.15) is 32.6 Å². The van der Waals surface area contributed by atoms with E-state index in [4.69, 9.17) is 11.5 Å². The number of likely N-dealkylation sites (tertiary alicyclic amines) is 1. The summed E-state index contributed by atoms with van der Waals surface area (Å²) in [5.74, 6) is 2.23. The third-order valence-electron chi connectivity index (χ3n) is 4.78. The highest BCUT2D eigenvalue weighted by Crippen LogP contribution is 2.40. The summed E-state index contributed by atoms with van der Waals surface area (Å²) >= 11 is 0. The van der Waals surface area contributed by atoms with Crippen molar-refractivity contribution in [3.63, 3.8) is 0 Å². The van der Waals surface area contributed by atoms with Crippen LogP contribution in [0, 0.1) is 5.92 Å². The number of nitrogens with two attached hydrogens (primary N) is 2. The van der Waals surface area contributed by atoms with E-state index in [1.807, 2.05) is 7.05 Å². The number of aliphatic imine (C=N–C) groups is 1. The molecular formula is C14H26N6. The van der Waals surface area contributed by atoms with Gasteiger partial charge in [0.15, 0.2) is 5.96 Å². The molecule has 1 unspecified atom stereocenters. The fourth-order valence-corrected chi connectivity index (χ4v) is 3.22. The first-order chi connectivity index (χ1) is 9.51. The van der Waals surface area contributed by atoms with Crippen molar-refractivity contribution in [2.24, 2.45) is 22.4 Å². The molecule has 2 fully saturated rings. The molecule has 2 aliphatic heterocycles. The Balaban J connectivity index is 1.83. The molecule has 0 aromatic carbocycles. The molecular weight excluding hydrogens is 252 g/mol. The van der Waals surface area contributed by atoms with E-state index in [9.17, 15) is 0 Å². The van der Waals surface area contributed by atoms with Crippen molar-refractivity contribution in [2.75, 3.05) is 20.1 Å². The van der Waals surface area contributed by atoms with Crippen molar-refractivity contribution in [3.8, 4) is 0 Å². The Morgan fingerprint density at radius 2 is 2.20 bits per heavy atom. The van der Waals surface area contributed by atoms with Gasteiger partial charge in [0.2, 0.25) is 0 Å². The van der Waals surface area contributed by atoms with Crippen molar-refractivity contribution in [1.82, 2.24) is 15.5 Å². The Bertz CT molecular complexity index is 453. The zero-order valence-corrected chi connectivity index (χ0v) is 12.4. The molecule has 0 spiro atoms. The maximum atomic E-state index is 6.55. The highest BCUT2D eigenvalue weighted by Gasteiger charge is 2.40. The van der Waals surface area contributed by atoms with Gasteiger partial charge < -0.3 is 27.0 Å². The van der Waals surface area contributed by atoms with Gasteiger partial charge in [0, 0.05) is 24.7 Å². The van der Waals surface area contributed by atoms with Crippen LogP contribution in [0.3, 0.4) is 0 Å². The van der Waals surface area contributed by atoms with Crippen molar-refractivity contribution < 1.29 is 0 Å². The average molecular weight is 278 g/mol.